The predicted octanol–water partition coefficient (Wildman–Crippen LogP) is 1.48. The molecule has 1 aliphatic carbocycles. The smallest absolute Gasteiger partial charge is 0.241 e. The van der Waals surface area contributed by atoms with Crippen LogP contribution in [0.5, 0.6) is 0 Å². The van der Waals surface area contributed by atoms with Crippen LogP contribution in [-0.2, 0) is 11.8 Å². The Kier molecular flexibility index (Phi) is 7.51. The van der Waals surface area contributed by atoms with Gasteiger partial charge in [0.2, 0.25) is 5.91 Å². The minimum Gasteiger partial charge on any atom is -0.353 e. The van der Waals surface area contributed by atoms with Crippen molar-refractivity contribution in [2.75, 3.05) is 27.7 Å². The van der Waals surface area contributed by atoms with Crippen molar-refractivity contribution in [2.45, 2.75) is 43.7 Å². The highest BCUT2D eigenvalue weighted by Gasteiger charge is 2.35. The highest BCUT2D eigenvalue weighted by molar-refractivity contribution is 5.85. The molecule has 1 aliphatic rings. The van der Waals surface area contributed by atoms with Crippen molar-refractivity contribution in [3.63, 3.8) is 0 Å². The van der Waals surface area contributed by atoms with Gasteiger partial charge in [-0.3, -0.25) is 9.48 Å². The van der Waals surface area contributed by atoms with Crippen molar-refractivity contribution in [2.24, 2.45) is 7.05 Å². The van der Waals surface area contributed by atoms with Crippen molar-refractivity contribution >= 4 is 18.3 Å². The van der Waals surface area contributed by atoms with Gasteiger partial charge in [0.15, 0.2) is 0 Å². The van der Waals surface area contributed by atoms with Crippen LogP contribution >= 0.6 is 12.4 Å². The first kappa shape index (κ1) is 19.9. The number of hydrogen-bond acceptors (Lipinski definition) is 4. The molecular formula is C16H30ClN5O. The average Bonchev–Trinajstić information content (AvgIpc) is 2.93. The van der Waals surface area contributed by atoms with Crippen LogP contribution in [0.3, 0.4) is 0 Å². The first-order valence-electron chi connectivity index (χ1n) is 8.09. The van der Waals surface area contributed by atoms with Crippen LogP contribution in [0.1, 0.15) is 43.7 Å². The Morgan fingerprint density at radius 2 is 2.04 bits per heavy atom. The maximum atomic E-state index is 12.6. The van der Waals surface area contributed by atoms with E-state index in [1.165, 1.54) is 19.3 Å². The fourth-order valence-electron chi connectivity index (χ4n) is 3.38. The first-order chi connectivity index (χ1) is 10.5. The number of likely N-dealkylation sites (N-methyl/N-ethyl adjacent to an activating group) is 2. The van der Waals surface area contributed by atoms with E-state index in [1.807, 2.05) is 13.2 Å². The van der Waals surface area contributed by atoms with Gasteiger partial charge >= 0.3 is 0 Å². The van der Waals surface area contributed by atoms with Gasteiger partial charge in [0, 0.05) is 30.9 Å². The lowest BCUT2D eigenvalue weighted by Gasteiger charge is -2.43. The number of carbonyl (C=O) groups excluding carboxylic acids is 1. The summed E-state index contributed by atoms with van der Waals surface area (Å²) in [6, 6.07) is -0.350. The summed E-state index contributed by atoms with van der Waals surface area (Å²) in [6.07, 6.45) is 9.71. The molecule has 7 heteroatoms. The van der Waals surface area contributed by atoms with Crippen LogP contribution in [0, 0.1) is 0 Å². The molecule has 0 bridgehead atoms. The topological polar surface area (TPSA) is 62.2 Å². The van der Waals surface area contributed by atoms with E-state index >= 15 is 0 Å². The average molecular weight is 344 g/mol. The molecule has 2 N–H and O–H groups in total. The van der Waals surface area contributed by atoms with Crippen molar-refractivity contribution < 1.29 is 4.79 Å². The van der Waals surface area contributed by atoms with E-state index in [2.05, 4.69) is 34.7 Å². The highest BCUT2D eigenvalue weighted by Crippen LogP contribution is 2.31. The normalized spacial score (nSPS) is 18.3. The van der Waals surface area contributed by atoms with Crippen LogP contribution in [-0.4, -0.2) is 53.8 Å². The van der Waals surface area contributed by atoms with Crippen molar-refractivity contribution in [3.05, 3.63) is 18.0 Å². The van der Waals surface area contributed by atoms with Crippen LogP contribution < -0.4 is 10.6 Å². The third kappa shape index (κ3) is 4.68. The third-order valence-corrected chi connectivity index (χ3v) is 4.93. The number of rotatable bonds is 6. The number of hydrogen-bond donors (Lipinski definition) is 2. The number of carbonyl (C=O) groups is 1. The number of nitrogens with one attached hydrogen (secondary N) is 2. The molecular weight excluding hydrogens is 314 g/mol. The molecule has 1 fully saturated rings. The van der Waals surface area contributed by atoms with Gasteiger partial charge in [-0.25, -0.2) is 0 Å². The van der Waals surface area contributed by atoms with Gasteiger partial charge in [-0.05, 0) is 34.0 Å². The van der Waals surface area contributed by atoms with Crippen molar-refractivity contribution in [1.82, 2.24) is 25.3 Å². The largest absolute Gasteiger partial charge is 0.353 e. The van der Waals surface area contributed by atoms with Crippen molar-refractivity contribution in [3.8, 4) is 0 Å². The summed E-state index contributed by atoms with van der Waals surface area (Å²) in [6.45, 7) is 0.706. The lowest BCUT2D eigenvalue weighted by atomic mass is 9.80. The fourth-order valence-corrected chi connectivity index (χ4v) is 3.38. The summed E-state index contributed by atoms with van der Waals surface area (Å²) in [4.78, 5) is 14.8. The number of halogens is 1. The van der Waals surface area contributed by atoms with Gasteiger partial charge in [-0.1, -0.05) is 19.3 Å². The minimum absolute atomic E-state index is 0. The van der Waals surface area contributed by atoms with E-state index in [1.54, 1.807) is 17.9 Å². The molecule has 1 aromatic rings. The second-order valence-corrected chi connectivity index (χ2v) is 6.57. The van der Waals surface area contributed by atoms with E-state index < -0.39 is 0 Å². The van der Waals surface area contributed by atoms with Crippen molar-refractivity contribution in [1.29, 1.82) is 0 Å². The molecule has 1 amide bonds. The van der Waals surface area contributed by atoms with Gasteiger partial charge < -0.3 is 15.5 Å². The molecule has 6 nitrogen and oxygen atoms in total. The van der Waals surface area contributed by atoms with Crippen LogP contribution in [0.2, 0.25) is 0 Å². The predicted molar refractivity (Wildman–Crippen MR) is 94.8 cm³/mol. The minimum atomic E-state index is -0.350. The van der Waals surface area contributed by atoms with E-state index in [0.717, 1.165) is 18.4 Å². The van der Waals surface area contributed by atoms with Crippen LogP contribution in [0.4, 0.5) is 0 Å². The fraction of sp³-hybridized carbons (Fsp3) is 0.750. The SMILES string of the molecule is CNC(C(=O)NCC1(N(C)C)CCCCC1)c1cnn(C)c1.Cl. The Hall–Kier alpha value is -1.11. The molecule has 2 rings (SSSR count). The zero-order chi connectivity index (χ0) is 16.2. The summed E-state index contributed by atoms with van der Waals surface area (Å²) in [5, 5.41) is 10.4. The Balaban J connectivity index is 0.00000264. The summed E-state index contributed by atoms with van der Waals surface area (Å²) in [7, 11) is 7.90. The highest BCUT2D eigenvalue weighted by atomic mass is 35.5. The molecule has 132 valence electrons. The van der Waals surface area contributed by atoms with Gasteiger partial charge in [0.05, 0.1) is 6.20 Å². The molecule has 1 atom stereocenters. The molecule has 0 aliphatic heterocycles. The maximum absolute atomic E-state index is 12.6. The van der Waals surface area contributed by atoms with Gasteiger partial charge in [0.25, 0.3) is 0 Å². The number of aromatic nitrogens is 2. The standard InChI is InChI=1S/C16H29N5O.ClH/c1-17-14(13-10-19-21(4)11-13)15(22)18-12-16(20(2)3)8-6-5-7-9-16;/h10-11,14,17H,5-9,12H2,1-4H3,(H,18,22);1H. The third-order valence-electron chi connectivity index (χ3n) is 4.93. The molecule has 0 radical (unpaired) electrons. The van der Waals surface area contributed by atoms with Gasteiger partial charge in [-0.2, -0.15) is 5.10 Å². The van der Waals surface area contributed by atoms with E-state index in [9.17, 15) is 4.79 Å². The Morgan fingerprint density at radius 1 is 1.39 bits per heavy atom. The summed E-state index contributed by atoms with van der Waals surface area (Å²) in [5.74, 6) is 0.0160. The molecule has 23 heavy (non-hydrogen) atoms. The molecule has 1 saturated carbocycles. The lowest BCUT2D eigenvalue weighted by Crippen LogP contribution is -2.54. The Labute approximate surface area is 145 Å². The summed E-state index contributed by atoms with van der Waals surface area (Å²) < 4.78 is 1.72. The van der Waals surface area contributed by atoms with E-state index in [-0.39, 0.29) is 29.9 Å². The lowest BCUT2D eigenvalue weighted by molar-refractivity contribution is -0.124. The maximum Gasteiger partial charge on any atom is 0.241 e. The van der Waals surface area contributed by atoms with Gasteiger partial charge in [-0.15, -0.1) is 12.4 Å². The Morgan fingerprint density at radius 3 is 2.52 bits per heavy atom. The molecule has 1 aromatic heterocycles. The molecule has 0 saturated heterocycles. The van der Waals surface area contributed by atoms with Gasteiger partial charge in [0.1, 0.15) is 6.04 Å². The zero-order valence-corrected chi connectivity index (χ0v) is 15.4. The summed E-state index contributed by atoms with van der Waals surface area (Å²) >= 11 is 0. The second-order valence-electron chi connectivity index (χ2n) is 6.57. The van der Waals surface area contributed by atoms with Crippen LogP contribution in [0.15, 0.2) is 12.4 Å². The first-order valence-corrected chi connectivity index (χ1v) is 8.09. The Bertz CT molecular complexity index is 496. The quantitative estimate of drug-likeness (QED) is 0.821. The second kappa shape index (κ2) is 8.66. The summed E-state index contributed by atoms with van der Waals surface area (Å²) in [5.41, 5.74) is 0.992. The number of amides is 1. The molecule has 0 spiro atoms. The van der Waals surface area contributed by atoms with E-state index in [0.29, 0.717) is 6.54 Å². The molecule has 1 unspecified atom stereocenters. The number of aryl methyl sites for hydroxylation is 1. The van der Waals surface area contributed by atoms with Crippen LogP contribution in [0.25, 0.3) is 0 Å². The van der Waals surface area contributed by atoms with E-state index in [4.69, 9.17) is 0 Å². The number of nitrogens with zero attached hydrogens (tertiary/aromatic N) is 3. The monoisotopic (exact) mass is 343 g/mol. The molecule has 1 heterocycles. The molecule has 0 aromatic carbocycles. The zero-order valence-electron chi connectivity index (χ0n) is 14.6.